The normalized spacial score (nSPS) is 13.1. The quantitative estimate of drug-likeness (QED) is 0.847. The molecule has 0 radical (unpaired) electrons. The molecule has 0 aliphatic rings. The topological polar surface area (TPSA) is 69.4 Å². The predicted octanol–water partition coefficient (Wildman–Crippen LogP) is 2.74. The molecule has 0 heterocycles. The zero-order valence-corrected chi connectivity index (χ0v) is 13.5. The third kappa shape index (κ3) is 5.68. The van der Waals surface area contributed by atoms with Crippen molar-refractivity contribution in [2.45, 2.75) is 52.7 Å². The molecule has 0 aliphatic heterocycles. The van der Waals surface area contributed by atoms with Crippen molar-refractivity contribution in [3.05, 3.63) is 35.4 Å². The largest absolute Gasteiger partial charge is 0.456 e. The second kappa shape index (κ2) is 6.85. The molecule has 1 aromatic carbocycles. The summed E-state index contributed by atoms with van der Waals surface area (Å²) < 4.78 is 5.29. The van der Waals surface area contributed by atoms with Crippen molar-refractivity contribution in [1.29, 1.82) is 0 Å². The predicted molar refractivity (Wildman–Crippen MR) is 83.1 cm³/mol. The van der Waals surface area contributed by atoms with Crippen LogP contribution in [0.4, 0.5) is 0 Å². The molecule has 0 fully saturated rings. The summed E-state index contributed by atoms with van der Waals surface area (Å²) in [7, 11) is 0. The van der Waals surface area contributed by atoms with Gasteiger partial charge in [0.25, 0.3) is 0 Å². The van der Waals surface area contributed by atoms with Crippen LogP contribution in [0.2, 0.25) is 0 Å². The Labute approximate surface area is 126 Å². The first-order valence-electron chi connectivity index (χ1n) is 7.21. The van der Waals surface area contributed by atoms with Gasteiger partial charge in [-0.3, -0.25) is 4.79 Å². The Hall–Kier alpha value is -1.68. The highest BCUT2D eigenvalue weighted by Crippen LogP contribution is 2.14. The average Bonchev–Trinajstić information content (AvgIpc) is 2.36. The van der Waals surface area contributed by atoms with Crippen molar-refractivity contribution in [1.82, 2.24) is 0 Å². The van der Waals surface area contributed by atoms with Crippen LogP contribution < -0.4 is 5.73 Å². The van der Waals surface area contributed by atoms with E-state index < -0.39 is 11.6 Å². The molecule has 1 atom stereocenters. The number of esters is 1. The summed E-state index contributed by atoms with van der Waals surface area (Å²) in [6.07, 6.45) is 0.286. The third-order valence-corrected chi connectivity index (χ3v) is 3.06. The van der Waals surface area contributed by atoms with E-state index >= 15 is 0 Å². The van der Waals surface area contributed by atoms with Gasteiger partial charge in [0, 0.05) is 6.42 Å². The highest BCUT2D eigenvalue weighted by molar-refractivity contribution is 5.90. The maximum Gasteiger partial charge on any atom is 0.338 e. The molecular formula is C17H25NO3. The van der Waals surface area contributed by atoms with Crippen LogP contribution in [-0.4, -0.2) is 23.4 Å². The van der Waals surface area contributed by atoms with E-state index in [9.17, 15) is 9.59 Å². The average molecular weight is 291 g/mol. The number of carbonyl (C=O) groups is 2. The molecular weight excluding hydrogens is 266 g/mol. The van der Waals surface area contributed by atoms with Crippen molar-refractivity contribution in [2.24, 2.45) is 11.7 Å². The van der Waals surface area contributed by atoms with Gasteiger partial charge in [0.1, 0.15) is 5.60 Å². The van der Waals surface area contributed by atoms with Gasteiger partial charge in [-0.25, -0.2) is 4.79 Å². The first-order chi connectivity index (χ1) is 9.60. The molecule has 0 saturated carbocycles. The number of ether oxygens (including phenoxy) is 1. The number of hydrogen-bond acceptors (Lipinski definition) is 4. The summed E-state index contributed by atoms with van der Waals surface area (Å²) in [5.74, 6) is -0.229. The summed E-state index contributed by atoms with van der Waals surface area (Å²) in [5.41, 5.74) is 6.64. The molecule has 1 rings (SSSR count). The Morgan fingerprint density at radius 2 is 1.67 bits per heavy atom. The van der Waals surface area contributed by atoms with Gasteiger partial charge in [0.15, 0.2) is 5.78 Å². The summed E-state index contributed by atoms with van der Waals surface area (Å²) in [5, 5.41) is 0. The van der Waals surface area contributed by atoms with Crippen molar-refractivity contribution in [3.8, 4) is 0 Å². The van der Waals surface area contributed by atoms with Crippen LogP contribution in [0.15, 0.2) is 24.3 Å². The number of carbonyl (C=O) groups excluding carboxylic acids is 2. The fraction of sp³-hybridized carbons (Fsp3) is 0.529. The van der Waals surface area contributed by atoms with Crippen molar-refractivity contribution in [2.75, 3.05) is 0 Å². The number of hydrogen-bond donors (Lipinski definition) is 1. The van der Waals surface area contributed by atoms with E-state index in [1.807, 2.05) is 34.6 Å². The number of Topliss-reactive ketones (excluding diaryl/α,β-unsaturated/α-hetero) is 1. The van der Waals surface area contributed by atoms with Crippen molar-refractivity contribution < 1.29 is 14.3 Å². The third-order valence-electron chi connectivity index (χ3n) is 3.06. The molecule has 0 spiro atoms. The Bertz CT molecular complexity index is 498. The summed E-state index contributed by atoms with van der Waals surface area (Å²) in [6.45, 7) is 9.32. The second-order valence-electron chi connectivity index (χ2n) is 6.61. The number of ketones is 1. The molecule has 4 heteroatoms. The van der Waals surface area contributed by atoms with E-state index in [2.05, 4.69) is 0 Å². The molecule has 1 aromatic rings. The minimum atomic E-state index is -0.518. The van der Waals surface area contributed by atoms with Crippen LogP contribution >= 0.6 is 0 Å². The monoisotopic (exact) mass is 291 g/mol. The minimum absolute atomic E-state index is 0.00928. The van der Waals surface area contributed by atoms with E-state index in [0.29, 0.717) is 5.56 Å². The van der Waals surface area contributed by atoms with Crippen LogP contribution in [0.3, 0.4) is 0 Å². The lowest BCUT2D eigenvalue weighted by molar-refractivity contribution is -0.120. The van der Waals surface area contributed by atoms with Crippen LogP contribution in [0.5, 0.6) is 0 Å². The molecule has 0 amide bonds. The van der Waals surface area contributed by atoms with Gasteiger partial charge in [-0.2, -0.15) is 0 Å². The van der Waals surface area contributed by atoms with Crippen LogP contribution in [0.25, 0.3) is 0 Å². The SMILES string of the molecule is CC(C)C(N)C(=O)Cc1ccc(C(=O)OC(C)(C)C)cc1. The fourth-order valence-corrected chi connectivity index (χ4v) is 1.79. The van der Waals surface area contributed by atoms with Crippen LogP contribution in [0, 0.1) is 5.92 Å². The van der Waals surface area contributed by atoms with E-state index in [1.54, 1.807) is 24.3 Å². The van der Waals surface area contributed by atoms with Crippen LogP contribution in [0.1, 0.15) is 50.5 Å². The van der Waals surface area contributed by atoms with Crippen molar-refractivity contribution >= 4 is 11.8 Å². The highest BCUT2D eigenvalue weighted by Gasteiger charge is 2.19. The first kappa shape index (κ1) is 17.4. The summed E-state index contributed by atoms with van der Waals surface area (Å²) in [6, 6.07) is 6.44. The minimum Gasteiger partial charge on any atom is -0.456 e. The Morgan fingerprint density at radius 1 is 1.14 bits per heavy atom. The van der Waals surface area contributed by atoms with E-state index in [0.717, 1.165) is 5.56 Å². The fourth-order valence-electron chi connectivity index (χ4n) is 1.79. The lowest BCUT2D eigenvalue weighted by Crippen LogP contribution is -2.36. The lowest BCUT2D eigenvalue weighted by atomic mass is 9.96. The maximum atomic E-state index is 11.9. The molecule has 2 N–H and O–H groups in total. The van der Waals surface area contributed by atoms with E-state index in [-0.39, 0.29) is 24.1 Å². The number of rotatable bonds is 5. The number of benzene rings is 1. The van der Waals surface area contributed by atoms with Crippen LogP contribution in [-0.2, 0) is 16.0 Å². The molecule has 1 unspecified atom stereocenters. The van der Waals surface area contributed by atoms with E-state index in [1.165, 1.54) is 0 Å². The second-order valence-corrected chi connectivity index (χ2v) is 6.61. The standard InChI is InChI=1S/C17H25NO3/c1-11(2)15(18)14(19)10-12-6-8-13(9-7-12)16(20)21-17(3,4)5/h6-9,11,15H,10,18H2,1-5H3. The molecule has 0 bridgehead atoms. The highest BCUT2D eigenvalue weighted by atomic mass is 16.6. The zero-order chi connectivity index (χ0) is 16.2. The smallest absolute Gasteiger partial charge is 0.338 e. The van der Waals surface area contributed by atoms with Gasteiger partial charge in [-0.1, -0.05) is 26.0 Å². The molecule has 4 nitrogen and oxygen atoms in total. The Morgan fingerprint density at radius 3 is 2.10 bits per heavy atom. The number of nitrogens with two attached hydrogens (primary N) is 1. The van der Waals surface area contributed by atoms with Gasteiger partial charge in [0.05, 0.1) is 11.6 Å². The summed E-state index contributed by atoms with van der Waals surface area (Å²) >= 11 is 0. The van der Waals surface area contributed by atoms with Crippen molar-refractivity contribution in [3.63, 3.8) is 0 Å². The van der Waals surface area contributed by atoms with Gasteiger partial charge in [-0.15, -0.1) is 0 Å². The van der Waals surface area contributed by atoms with Gasteiger partial charge in [-0.05, 0) is 44.4 Å². The van der Waals surface area contributed by atoms with Gasteiger partial charge < -0.3 is 10.5 Å². The Balaban J connectivity index is 2.70. The zero-order valence-electron chi connectivity index (χ0n) is 13.5. The van der Waals surface area contributed by atoms with Gasteiger partial charge >= 0.3 is 5.97 Å². The van der Waals surface area contributed by atoms with E-state index in [4.69, 9.17) is 10.5 Å². The molecule has 0 aromatic heterocycles. The molecule has 21 heavy (non-hydrogen) atoms. The molecule has 0 aliphatic carbocycles. The molecule has 116 valence electrons. The summed E-state index contributed by atoms with van der Waals surface area (Å²) in [4.78, 5) is 23.8. The first-order valence-corrected chi connectivity index (χ1v) is 7.21. The van der Waals surface area contributed by atoms with Gasteiger partial charge in [0.2, 0.25) is 0 Å². The molecule has 0 saturated heterocycles. The maximum absolute atomic E-state index is 11.9. The Kier molecular flexibility index (Phi) is 5.67. The lowest BCUT2D eigenvalue weighted by Gasteiger charge is -2.19.